The Kier molecular flexibility index (Phi) is 10.2. The molecule has 5 nitrogen and oxygen atoms in total. The summed E-state index contributed by atoms with van der Waals surface area (Å²) in [6.45, 7) is -1.68. The molecule has 0 spiro atoms. The van der Waals surface area contributed by atoms with E-state index in [9.17, 15) is 22.8 Å². The van der Waals surface area contributed by atoms with E-state index in [4.69, 9.17) is 9.47 Å². The summed E-state index contributed by atoms with van der Waals surface area (Å²) in [5.41, 5.74) is 2.66. The van der Waals surface area contributed by atoms with Crippen LogP contribution in [0, 0.1) is 29.5 Å². The summed E-state index contributed by atoms with van der Waals surface area (Å²) >= 11 is 0. The third-order valence-corrected chi connectivity index (χ3v) is 9.51. The number of halogens is 3. The van der Waals surface area contributed by atoms with Crippen LogP contribution in [0.2, 0.25) is 0 Å². The van der Waals surface area contributed by atoms with E-state index in [1.807, 2.05) is 30.3 Å². The normalized spacial score (nSPS) is 20.5. The predicted molar refractivity (Wildman–Crippen MR) is 174 cm³/mol. The fourth-order valence-corrected chi connectivity index (χ4v) is 6.70. The van der Waals surface area contributed by atoms with Crippen molar-refractivity contribution in [2.24, 2.45) is 23.7 Å². The number of hydrogen-bond acceptors (Lipinski definition) is 4. The Balaban J connectivity index is 0.00000433. The molecule has 1 unspecified atom stereocenters. The molecule has 0 aliphatic heterocycles. The van der Waals surface area contributed by atoms with Crippen molar-refractivity contribution in [1.29, 1.82) is 0 Å². The highest BCUT2D eigenvalue weighted by atomic mass is 19.3. The minimum Gasteiger partial charge on any atom is -0.433 e. The van der Waals surface area contributed by atoms with Gasteiger partial charge >= 0.3 is 6.61 Å². The maximum Gasteiger partial charge on any atom is 0.387 e. The van der Waals surface area contributed by atoms with Gasteiger partial charge in [0.1, 0.15) is 11.6 Å². The van der Waals surface area contributed by atoms with Gasteiger partial charge in [-0.1, -0.05) is 54.6 Å². The summed E-state index contributed by atoms with van der Waals surface area (Å²) in [6.07, 6.45) is 11.8. The Morgan fingerprint density at radius 1 is 0.826 bits per heavy atom. The highest BCUT2D eigenvalue weighted by Gasteiger charge is 2.28. The standard InChI is InChI=1S/C38H40F3NO4.H2/c39-32-16-13-28(14-17-32)27-9-11-30(12-10-27)35(43)29-7-5-24(6-8-29)1-4-26-21-31-15-18-33(36(34(31)22-26)46-38(40)41)37(44)42-19-20-45-23-25-2-3-25;/h9-18,21-22,24-26,29,38H,1-8,19-20,23H2,(H,42,44);1H. The molecule has 2 saturated carbocycles. The lowest BCUT2D eigenvalue weighted by Gasteiger charge is -2.28. The molecule has 3 aliphatic carbocycles. The van der Waals surface area contributed by atoms with Crippen molar-refractivity contribution in [3.8, 4) is 16.9 Å². The molecule has 244 valence electrons. The summed E-state index contributed by atoms with van der Waals surface area (Å²) in [6, 6.07) is 17.2. The summed E-state index contributed by atoms with van der Waals surface area (Å²) in [5.74, 6) is 0.550. The summed E-state index contributed by atoms with van der Waals surface area (Å²) in [4.78, 5) is 26.1. The van der Waals surface area contributed by atoms with Crippen LogP contribution in [0.1, 0.15) is 73.5 Å². The minimum absolute atomic E-state index is 0. The van der Waals surface area contributed by atoms with E-state index in [0.717, 1.165) is 54.9 Å². The van der Waals surface area contributed by atoms with Gasteiger partial charge in [0.15, 0.2) is 5.78 Å². The zero-order chi connectivity index (χ0) is 32.0. The number of rotatable bonds is 14. The van der Waals surface area contributed by atoms with E-state index < -0.39 is 12.5 Å². The van der Waals surface area contributed by atoms with E-state index in [1.54, 1.807) is 24.3 Å². The lowest BCUT2D eigenvalue weighted by atomic mass is 9.76. The van der Waals surface area contributed by atoms with Gasteiger partial charge in [0.2, 0.25) is 0 Å². The molecular weight excluding hydrogens is 591 g/mol. The first-order valence-corrected chi connectivity index (χ1v) is 16.4. The Morgan fingerprint density at radius 2 is 1.50 bits per heavy atom. The number of carbonyl (C=O) groups is 2. The number of hydrogen-bond donors (Lipinski definition) is 1. The molecule has 46 heavy (non-hydrogen) atoms. The first-order chi connectivity index (χ1) is 22.3. The molecule has 1 amide bonds. The van der Waals surface area contributed by atoms with E-state index in [0.29, 0.717) is 42.4 Å². The van der Waals surface area contributed by atoms with Crippen LogP contribution in [0.4, 0.5) is 13.2 Å². The maximum atomic E-state index is 13.4. The molecular formula is C38H42F3NO4. The molecule has 0 radical (unpaired) electrons. The highest BCUT2D eigenvalue weighted by Crippen LogP contribution is 2.35. The summed E-state index contributed by atoms with van der Waals surface area (Å²) in [5, 5.41) is 4.10. The quantitative estimate of drug-likeness (QED) is 0.151. The highest BCUT2D eigenvalue weighted by molar-refractivity contribution is 5.98. The molecule has 0 bridgehead atoms. The molecule has 0 saturated heterocycles. The van der Waals surface area contributed by atoms with Crippen LogP contribution in [0.3, 0.4) is 0 Å². The van der Waals surface area contributed by atoms with Gasteiger partial charge in [-0.3, -0.25) is 9.59 Å². The summed E-state index contributed by atoms with van der Waals surface area (Å²) in [7, 11) is 0. The van der Waals surface area contributed by atoms with E-state index in [1.165, 1.54) is 25.0 Å². The maximum absolute atomic E-state index is 13.4. The first-order valence-electron chi connectivity index (χ1n) is 16.4. The molecule has 3 aromatic rings. The third-order valence-electron chi connectivity index (χ3n) is 9.51. The van der Waals surface area contributed by atoms with Crippen LogP contribution in [0.25, 0.3) is 23.3 Å². The Bertz CT molecular complexity index is 1650. The zero-order valence-electron chi connectivity index (χ0n) is 25.9. The van der Waals surface area contributed by atoms with Crippen LogP contribution in [0.15, 0.2) is 60.7 Å². The molecule has 3 aliphatic rings. The summed E-state index contributed by atoms with van der Waals surface area (Å²) < 4.78 is 50.5. The number of ether oxygens (including phenoxy) is 2. The number of alkyl halides is 2. The average molecular weight is 634 g/mol. The molecule has 8 heteroatoms. The van der Waals surface area contributed by atoms with Gasteiger partial charge in [-0.05, 0) is 104 Å². The van der Waals surface area contributed by atoms with Crippen molar-refractivity contribution < 1.29 is 33.7 Å². The smallest absolute Gasteiger partial charge is 0.387 e. The number of nitrogens with one attached hydrogen (secondary N) is 1. The molecule has 2 fully saturated rings. The molecule has 0 aromatic heterocycles. The molecule has 6 rings (SSSR count). The lowest BCUT2D eigenvalue weighted by Crippen LogP contribution is -2.32. The van der Waals surface area contributed by atoms with Gasteiger partial charge in [-0.2, -0.15) is 8.78 Å². The minimum atomic E-state index is -3.04. The van der Waals surface area contributed by atoms with Crippen molar-refractivity contribution in [2.45, 2.75) is 58.0 Å². The van der Waals surface area contributed by atoms with Crippen LogP contribution in [-0.4, -0.2) is 38.1 Å². The zero-order valence-corrected chi connectivity index (χ0v) is 25.9. The monoisotopic (exact) mass is 633 g/mol. The number of Topliss-reactive ketones (excluding diaryl/α,β-unsaturated/α-hetero) is 1. The average Bonchev–Trinajstić information content (AvgIpc) is 3.80. The van der Waals surface area contributed by atoms with Gasteiger partial charge < -0.3 is 14.8 Å². The number of ketones is 1. The fourth-order valence-electron chi connectivity index (χ4n) is 6.70. The Morgan fingerprint density at radius 3 is 2.17 bits per heavy atom. The van der Waals surface area contributed by atoms with Gasteiger partial charge in [0.25, 0.3) is 5.91 Å². The lowest BCUT2D eigenvalue weighted by molar-refractivity contribution is -0.0508. The topological polar surface area (TPSA) is 64.6 Å². The molecule has 0 heterocycles. The van der Waals surface area contributed by atoms with Gasteiger partial charge in [-0.25, -0.2) is 4.39 Å². The van der Waals surface area contributed by atoms with Crippen LogP contribution < -0.4 is 20.5 Å². The second kappa shape index (κ2) is 14.7. The SMILES string of the molecule is O=C(NCCOCC1CC1)c1ccc2c(c1OC(F)F)=CC(CCC1CCC(C(=O)c3ccc(-c4ccc(F)cc4)cc3)CC1)C=2.[HH]. The van der Waals surface area contributed by atoms with Crippen LogP contribution >= 0.6 is 0 Å². The Hall–Kier alpha value is -3.91. The number of carbonyl (C=O) groups excluding carboxylic acids is 2. The molecule has 1 atom stereocenters. The predicted octanol–water partition coefficient (Wildman–Crippen LogP) is 7.16. The van der Waals surface area contributed by atoms with Gasteiger partial charge in [-0.15, -0.1) is 0 Å². The van der Waals surface area contributed by atoms with Crippen LogP contribution in [0.5, 0.6) is 5.75 Å². The van der Waals surface area contributed by atoms with Crippen molar-refractivity contribution in [3.05, 3.63) is 88.0 Å². The molecule has 1 N–H and O–H groups in total. The van der Waals surface area contributed by atoms with E-state index in [2.05, 4.69) is 11.4 Å². The fraction of sp³-hybridized carbons (Fsp3) is 0.421. The Labute approximate surface area is 269 Å². The van der Waals surface area contributed by atoms with Crippen molar-refractivity contribution in [3.63, 3.8) is 0 Å². The third kappa shape index (κ3) is 8.08. The van der Waals surface area contributed by atoms with Gasteiger partial charge in [0.05, 0.1) is 12.2 Å². The number of amides is 1. The molecule has 3 aromatic carbocycles. The number of benzene rings is 3. The second-order valence-corrected chi connectivity index (χ2v) is 12.8. The van der Waals surface area contributed by atoms with Crippen molar-refractivity contribution in [2.75, 3.05) is 19.8 Å². The second-order valence-electron chi connectivity index (χ2n) is 12.8. The largest absolute Gasteiger partial charge is 0.433 e. The van der Waals surface area contributed by atoms with Crippen molar-refractivity contribution in [1.82, 2.24) is 5.32 Å². The van der Waals surface area contributed by atoms with Gasteiger partial charge in [0, 0.05) is 31.3 Å². The van der Waals surface area contributed by atoms with Crippen LogP contribution in [-0.2, 0) is 4.74 Å². The first kappa shape index (κ1) is 32.0. The number of fused-ring (bicyclic) bond motifs is 1. The van der Waals surface area contributed by atoms with E-state index in [-0.39, 0.29) is 36.2 Å². The van der Waals surface area contributed by atoms with Crippen molar-refractivity contribution >= 4 is 23.8 Å². The van der Waals surface area contributed by atoms with E-state index >= 15 is 0 Å².